The van der Waals surface area contributed by atoms with E-state index >= 15 is 0 Å². The van der Waals surface area contributed by atoms with Crippen LogP contribution in [0.25, 0.3) is 0 Å². The van der Waals surface area contributed by atoms with Crippen LogP contribution in [0.15, 0.2) is 16.7 Å². The largest absolute Gasteiger partial charge is 1.00 e. The minimum absolute atomic E-state index is 0. The zero-order valence-corrected chi connectivity index (χ0v) is 11.6. The van der Waals surface area contributed by atoms with E-state index in [1.165, 1.54) is 16.7 Å². The van der Waals surface area contributed by atoms with Gasteiger partial charge in [-0.3, -0.25) is 6.08 Å². The minimum atomic E-state index is 0. The molecule has 0 aliphatic heterocycles. The van der Waals surface area contributed by atoms with Crippen molar-refractivity contribution in [1.82, 2.24) is 0 Å². The monoisotopic (exact) mass is 192 g/mol. The molecule has 0 unspecified atom stereocenters. The topological polar surface area (TPSA) is 0 Å². The Hall–Kier alpha value is 1.29. The molecule has 0 amide bonds. The first-order chi connectivity index (χ1) is 3.72. The van der Waals surface area contributed by atoms with E-state index in [-0.39, 0.29) is 58.2 Å². The van der Waals surface area contributed by atoms with Crippen LogP contribution in [-0.2, 0) is 0 Å². The van der Waals surface area contributed by atoms with Crippen molar-refractivity contribution in [2.45, 2.75) is 27.2 Å². The summed E-state index contributed by atoms with van der Waals surface area (Å²) in [5.41, 5.74) is 4.25. The van der Waals surface area contributed by atoms with Gasteiger partial charge in [-0.05, 0) is 0 Å². The molecule has 0 atom stereocenters. The molecule has 0 aromatic carbocycles. The first kappa shape index (κ1) is 10.3. The van der Waals surface area contributed by atoms with Crippen LogP contribution in [0.5, 0.6) is 0 Å². The molecular formula is C8H11Rb. The van der Waals surface area contributed by atoms with Gasteiger partial charge >= 0.3 is 58.2 Å². The smallest absolute Gasteiger partial charge is 0.269 e. The van der Waals surface area contributed by atoms with Gasteiger partial charge in [-0.2, -0.15) is 11.1 Å². The third-order valence-corrected chi connectivity index (χ3v) is 1.82. The molecule has 0 nitrogen and oxygen atoms in total. The summed E-state index contributed by atoms with van der Waals surface area (Å²) in [5.74, 6) is 0. The fourth-order valence-corrected chi connectivity index (χ4v) is 0.850. The minimum Gasteiger partial charge on any atom is -0.269 e. The number of rotatable bonds is 0. The van der Waals surface area contributed by atoms with Gasteiger partial charge in [0.1, 0.15) is 0 Å². The Balaban J connectivity index is 0.000000640. The molecule has 0 heterocycles. The molecule has 0 bridgehead atoms. The van der Waals surface area contributed by atoms with Gasteiger partial charge in [-0.1, -0.05) is 13.8 Å². The van der Waals surface area contributed by atoms with Crippen molar-refractivity contribution in [2.75, 3.05) is 0 Å². The first-order valence-electron chi connectivity index (χ1n) is 2.96. The van der Waals surface area contributed by atoms with Crippen LogP contribution in [-0.4, -0.2) is 0 Å². The standard InChI is InChI=1S/C8H11.Rb/c1-6-4-5-7(2)8(6)3;/h4H2,1-3H3;/q-1;+1. The second-order valence-electron chi connectivity index (χ2n) is 2.38. The summed E-state index contributed by atoms with van der Waals surface area (Å²) < 4.78 is 0. The van der Waals surface area contributed by atoms with E-state index in [1.807, 2.05) is 0 Å². The number of hydrogen-bond acceptors (Lipinski definition) is 0. The molecule has 0 saturated heterocycles. The molecule has 0 aromatic heterocycles. The summed E-state index contributed by atoms with van der Waals surface area (Å²) in [5, 5.41) is 0. The molecule has 1 heteroatoms. The van der Waals surface area contributed by atoms with Gasteiger partial charge in [0, 0.05) is 0 Å². The molecule has 1 aliphatic rings. The zero-order valence-electron chi connectivity index (χ0n) is 6.71. The van der Waals surface area contributed by atoms with Crippen molar-refractivity contribution in [3.05, 3.63) is 22.8 Å². The van der Waals surface area contributed by atoms with Crippen LogP contribution in [0.1, 0.15) is 27.2 Å². The average molecular weight is 193 g/mol. The number of hydrogen-bond donors (Lipinski definition) is 0. The maximum absolute atomic E-state index is 3.26. The van der Waals surface area contributed by atoms with Crippen molar-refractivity contribution >= 4 is 0 Å². The van der Waals surface area contributed by atoms with E-state index in [1.54, 1.807) is 0 Å². The van der Waals surface area contributed by atoms with Gasteiger partial charge in [0.15, 0.2) is 0 Å². The third kappa shape index (κ3) is 2.41. The Labute approximate surface area is 106 Å². The van der Waals surface area contributed by atoms with Gasteiger partial charge < -0.3 is 0 Å². The van der Waals surface area contributed by atoms with E-state index in [2.05, 4.69) is 26.8 Å². The normalized spacial score (nSPS) is 17.4. The van der Waals surface area contributed by atoms with Crippen LogP contribution < -0.4 is 58.2 Å². The third-order valence-electron chi connectivity index (χ3n) is 1.82. The van der Waals surface area contributed by atoms with Crippen LogP contribution in [0.4, 0.5) is 0 Å². The molecule has 0 spiro atoms. The molecule has 0 aromatic rings. The molecule has 0 N–H and O–H groups in total. The van der Waals surface area contributed by atoms with Crippen LogP contribution in [0, 0.1) is 6.08 Å². The van der Waals surface area contributed by atoms with Crippen molar-refractivity contribution in [2.24, 2.45) is 0 Å². The molecule has 0 radical (unpaired) electrons. The SMILES string of the molecule is CC1=[C-]CC(C)=C1C.[Rb+]. The van der Waals surface area contributed by atoms with E-state index < -0.39 is 0 Å². The molecule has 1 aliphatic carbocycles. The molecule has 9 heavy (non-hydrogen) atoms. The van der Waals surface area contributed by atoms with Gasteiger partial charge in [0.25, 0.3) is 0 Å². The summed E-state index contributed by atoms with van der Waals surface area (Å²) in [6, 6.07) is 0. The van der Waals surface area contributed by atoms with Crippen LogP contribution in [0.2, 0.25) is 0 Å². The predicted molar refractivity (Wildman–Crippen MR) is 35.4 cm³/mol. The predicted octanol–water partition coefficient (Wildman–Crippen LogP) is -0.520. The van der Waals surface area contributed by atoms with E-state index in [4.69, 9.17) is 0 Å². The quantitative estimate of drug-likeness (QED) is 0.453. The molecule has 44 valence electrons. The summed E-state index contributed by atoms with van der Waals surface area (Å²) in [7, 11) is 0. The van der Waals surface area contributed by atoms with Gasteiger partial charge in [0.2, 0.25) is 0 Å². The Kier molecular flexibility index (Phi) is 4.83. The van der Waals surface area contributed by atoms with Crippen molar-refractivity contribution < 1.29 is 58.2 Å². The van der Waals surface area contributed by atoms with Crippen LogP contribution in [0.3, 0.4) is 0 Å². The van der Waals surface area contributed by atoms with Crippen molar-refractivity contribution in [3.63, 3.8) is 0 Å². The summed E-state index contributed by atoms with van der Waals surface area (Å²) in [6.07, 6.45) is 4.31. The van der Waals surface area contributed by atoms with Crippen molar-refractivity contribution in [1.29, 1.82) is 0 Å². The Morgan fingerprint density at radius 3 is 1.89 bits per heavy atom. The summed E-state index contributed by atoms with van der Waals surface area (Å²) in [4.78, 5) is 0. The molecule has 1 rings (SSSR count). The van der Waals surface area contributed by atoms with Crippen molar-refractivity contribution in [3.8, 4) is 0 Å². The Morgan fingerprint density at radius 1 is 1.22 bits per heavy atom. The molecule has 0 saturated carbocycles. The molecule has 0 fully saturated rings. The van der Waals surface area contributed by atoms with E-state index in [0.717, 1.165) is 6.42 Å². The second-order valence-corrected chi connectivity index (χ2v) is 2.38. The fourth-order valence-electron chi connectivity index (χ4n) is 0.850. The average Bonchev–Trinajstić information content (AvgIpc) is 1.98. The second kappa shape index (κ2) is 4.22. The fraction of sp³-hybridized carbons (Fsp3) is 0.500. The van der Waals surface area contributed by atoms with Gasteiger partial charge in [-0.15, -0.1) is 13.3 Å². The number of allylic oxidation sites excluding steroid dienone is 4. The summed E-state index contributed by atoms with van der Waals surface area (Å²) >= 11 is 0. The summed E-state index contributed by atoms with van der Waals surface area (Å²) in [6.45, 7) is 6.44. The Morgan fingerprint density at radius 2 is 1.78 bits per heavy atom. The van der Waals surface area contributed by atoms with Gasteiger partial charge in [-0.25, -0.2) is 5.57 Å². The van der Waals surface area contributed by atoms with E-state index in [0.29, 0.717) is 0 Å². The molecular weight excluding hydrogens is 182 g/mol. The maximum Gasteiger partial charge on any atom is 1.00 e. The zero-order chi connectivity index (χ0) is 6.15. The van der Waals surface area contributed by atoms with Crippen LogP contribution >= 0.6 is 0 Å². The van der Waals surface area contributed by atoms with Gasteiger partial charge in [0.05, 0.1) is 0 Å². The van der Waals surface area contributed by atoms with E-state index in [9.17, 15) is 0 Å². The Bertz CT molecular complexity index is 158. The maximum atomic E-state index is 3.26. The first-order valence-corrected chi connectivity index (χ1v) is 2.96.